The van der Waals surface area contributed by atoms with Gasteiger partial charge in [0.2, 0.25) is 0 Å². The minimum Gasteiger partial charge on any atom is -0.207 e. The summed E-state index contributed by atoms with van der Waals surface area (Å²) in [5.74, 6) is -0.171. The Kier molecular flexibility index (Phi) is 5.00. The highest BCUT2D eigenvalue weighted by Gasteiger charge is 1.83. The molecular formula is C14H14ClF. The van der Waals surface area contributed by atoms with E-state index in [-0.39, 0.29) is 5.82 Å². The Balaban J connectivity index is 0.000000160. The molecule has 0 saturated carbocycles. The third-order valence-corrected chi connectivity index (χ3v) is 2.27. The molecule has 2 heteroatoms. The highest BCUT2D eigenvalue weighted by molar-refractivity contribution is 6.30. The van der Waals surface area contributed by atoms with E-state index in [2.05, 4.69) is 0 Å². The summed E-state index contributed by atoms with van der Waals surface area (Å²) in [6, 6.07) is 14.1. The maximum Gasteiger partial charge on any atom is 0.123 e. The fourth-order valence-electron chi connectivity index (χ4n) is 1.07. The van der Waals surface area contributed by atoms with Gasteiger partial charge < -0.3 is 0 Å². The van der Waals surface area contributed by atoms with Gasteiger partial charge in [0.05, 0.1) is 0 Å². The fourth-order valence-corrected chi connectivity index (χ4v) is 1.19. The van der Waals surface area contributed by atoms with Gasteiger partial charge in [-0.2, -0.15) is 0 Å². The van der Waals surface area contributed by atoms with Crippen LogP contribution in [0.3, 0.4) is 0 Å². The molecule has 0 aliphatic carbocycles. The third kappa shape index (κ3) is 4.94. The van der Waals surface area contributed by atoms with Crippen molar-refractivity contribution in [2.75, 3.05) is 0 Å². The summed E-state index contributed by atoms with van der Waals surface area (Å²) in [4.78, 5) is 0. The Labute approximate surface area is 101 Å². The Morgan fingerprint density at radius 2 is 1.12 bits per heavy atom. The molecule has 2 aromatic carbocycles. The molecule has 0 unspecified atom stereocenters. The van der Waals surface area contributed by atoms with Crippen LogP contribution in [0.5, 0.6) is 0 Å². The molecule has 0 heterocycles. The molecule has 0 nitrogen and oxygen atoms in total. The number of benzene rings is 2. The van der Waals surface area contributed by atoms with Crippen LogP contribution in [0.2, 0.25) is 5.02 Å². The van der Waals surface area contributed by atoms with Crippen molar-refractivity contribution in [1.82, 2.24) is 0 Å². The van der Waals surface area contributed by atoms with Gasteiger partial charge in [-0.25, -0.2) is 4.39 Å². The van der Waals surface area contributed by atoms with Crippen LogP contribution < -0.4 is 0 Å². The SMILES string of the molecule is Cc1ccc(Cl)cc1.Cc1ccc(F)cc1. The molecule has 0 N–H and O–H groups in total. The molecule has 0 radical (unpaired) electrons. The van der Waals surface area contributed by atoms with Crippen molar-refractivity contribution in [3.63, 3.8) is 0 Å². The van der Waals surface area contributed by atoms with Gasteiger partial charge in [0, 0.05) is 5.02 Å². The summed E-state index contributed by atoms with van der Waals surface area (Å²) in [5.41, 5.74) is 2.33. The Morgan fingerprint density at radius 3 is 1.44 bits per heavy atom. The van der Waals surface area contributed by atoms with Crippen LogP contribution in [-0.4, -0.2) is 0 Å². The summed E-state index contributed by atoms with van der Waals surface area (Å²) in [7, 11) is 0. The maximum atomic E-state index is 12.1. The molecule has 16 heavy (non-hydrogen) atoms. The number of hydrogen-bond donors (Lipinski definition) is 0. The summed E-state index contributed by atoms with van der Waals surface area (Å²) in [5, 5.41) is 0.801. The molecule has 0 aliphatic rings. The van der Waals surface area contributed by atoms with Gasteiger partial charge in [-0.05, 0) is 38.1 Å². The second kappa shape index (κ2) is 6.29. The molecule has 2 aromatic rings. The molecule has 0 aromatic heterocycles. The van der Waals surface area contributed by atoms with Gasteiger partial charge in [-0.1, -0.05) is 47.0 Å². The van der Waals surface area contributed by atoms with Crippen LogP contribution in [0, 0.1) is 19.7 Å². The van der Waals surface area contributed by atoms with Crippen molar-refractivity contribution >= 4 is 11.6 Å². The highest BCUT2D eigenvalue weighted by atomic mass is 35.5. The van der Waals surface area contributed by atoms with E-state index in [0.717, 1.165) is 10.6 Å². The zero-order valence-electron chi connectivity index (χ0n) is 9.37. The first-order valence-electron chi connectivity index (χ1n) is 5.02. The van der Waals surface area contributed by atoms with Gasteiger partial charge in [0.15, 0.2) is 0 Å². The van der Waals surface area contributed by atoms with Crippen molar-refractivity contribution in [2.24, 2.45) is 0 Å². The molecule has 0 saturated heterocycles. The fraction of sp³-hybridized carbons (Fsp3) is 0.143. The summed E-state index contributed by atoms with van der Waals surface area (Å²) in [6.07, 6.45) is 0. The molecule has 0 bridgehead atoms. The van der Waals surface area contributed by atoms with Crippen molar-refractivity contribution in [3.8, 4) is 0 Å². The van der Waals surface area contributed by atoms with Crippen LogP contribution in [-0.2, 0) is 0 Å². The first kappa shape index (κ1) is 12.7. The van der Waals surface area contributed by atoms with E-state index in [9.17, 15) is 4.39 Å². The number of rotatable bonds is 0. The second-order valence-corrected chi connectivity index (χ2v) is 4.03. The lowest BCUT2D eigenvalue weighted by molar-refractivity contribution is 0.627. The van der Waals surface area contributed by atoms with Crippen molar-refractivity contribution in [3.05, 3.63) is 70.5 Å². The van der Waals surface area contributed by atoms with Crippen LogP contribution in [0.25, 0.3) is 0 Å². The van der Waals surface area contributed by atoms with Gasteiger partial charge in [-0.3, -0.25) is 0 Å². The highest BCUT2D eigenvalue weighted by Crippen LogP contribution is 2.07. The molecule has 0 spiro atoms. The Morgan fingerprint density at radius 1 is 0.750 bits per heavy atom. The quantitative estimate of drug-likeness (QED) is 0.617. The van der Waals surface area contributed by atoms with Gasteiger partial charge >= 0.3 is 0 Å². The third-order valence-electron chi connectivity index (χ3n) is 2.02. The molecule has 84 valence electrons. The molecule has 0 fully saturated rings. The first-order valence-corrected chi connectivity index (χ1v) is 5.40. The predicted octanol–water partition coefficient (Wildman–Crippen LogP) is 4.78. The van der Waals surface area contributed by atoms with Crippen LogP contribution in [0.4, 0.5) is 4.39 Å². The van der Waals surface area contributed by atoms with Crippen LogP contribution in [0.1, 0.15) is 11.1 Å². The lowest BCUT2D eigenvalue weighted by atomic mass is 10.2. The minimum atomic E-state index is -0.171. The zero-order valence-corrected chi connectivity index (χ0v) is 10.1. The minimum absolute atomic E-state index is 0.171. The van der Waals surface area contributed by atoms with E-state index in [1.807, 2.05) is 38.1 Å². The van der Waals surface area contributed by atoms with Crippen molar-refractivity contribution in [2.45, 2.75) is 13.8 Å². The predicted molar refractivity (Wildman–Crippen MR) is 67.3 cm³/mol. The smallest absolute Gasteiger partial charge is 0.123 e. The molecular weight excluding hydrogens is 223 g/mol. The van der Waals surface area contributed by atoms with Crippen LogP contribution in [0.15, 0.2) is 48.5 Å². The summed E-state index contributed by atoms with van der Waals surface area (Å²) >= 11 is 5.61. The number of halogens is 2. The van der Waals surface area contributed by atoms with E-state index in [4.69, 9.17) is 11.6 Å². The summed E-state index contributed by atoms with van der Waals surface area (Å²) < 4.78 is 12.1. The first-order chi connectivity index (χ1) is 7.58. The molecule has 0 aliphatic heterocycles. The van der Waals surface area contributed by atoms with Crippen molar-refractivity contribution in [1.29, 1.82) is 0 Å². The van der Waals surface area contributed by atoms with Gasteiger partial charge in [0.1, 0.15) is 5.82 Å². The second-order valence-electron chi connectivity index (χ2n) is 3.59. The normalized spacial score (nSPS) is 9.25. The Bertz CT molecular complexity index is 332. The summed E-state index contributed by atoms with van der Waals surface area (Å²) in [6.45, 7) is 3.97. The van der Waals surface area contributed by atoms with E-state index in [0.29, 0.717) is 0 Å². The number of aryl methyl sites for hydroxylation is 2. The molecule has 0 amide bonds. The van der Waals surface area contributed by atoms with Gasteiger partial charge in [0.25, 0.3) is 0 Å². The number of hydrogen-bond acceptors (Lipinski definition) is 0. The van der Waals surface area contributed by atoms with E-state index in [1.165, 1.54) is 17.7 Å². The largest absolute Gasteiger partial charge is 0.207 e. The lowest BCUT2D eigenvalue weighted by Crippen LogP contribution is -1.71. The topological polar surface area (TPSA) is 0 Å². The molecule has 0 atom stereocenters. The van der Waals surface area contributed by atoms with E-state index >= 15 is 0 Å². The van der Waals surface area contributed by atoms with Crippen molar-refractivity contribution < 1.29 is 4.39 Å². The maximum absolute atomic E-state index is 12.1. The molecule has 2 rings (SSSR count). The average Bonchev–Trinajstić information content (AvgIpc) is 2.28. The van der Waals surface area contributed by atoms with Gasteiger partial charge in [-0.15, -0.1) is 0 Å². The lowest BCUT2D eigenvalue weighted by Gasteiger charge is -1.88. The van der Waals surface area contributed by atoms with Crippen LogP contribution >= 0.6 is 11.6 Å². The average molecular weight is 237 g/mol. The standard InChI is InChI=1S/C7H7Cl.C7H7F/c2*1-6-2-4-7(8)5-3-6/h2*2-5H,1H3. The van der Waals surface area contributed by atoms with E-state index in [1.54, 1.807) is 12.1 Å². The van der Waals surface area contributed by atoms with E-state index < -0.39 is 0 Å². The zero-order chi connectivity index (χ0) is 12.0. The Hall–Kier alpha value is -1.34. The monoisotopic (exact) mass is 236 g/mol.